The first kappa shape index (κ1) is 25.9. The monoisotopic (exact) mass is 530 g/mol. The number of hydrogen-bond donors (Lipinski definition) is 1. The number of amides is 1. The maximum absolute atomic E-state index is 14.3. The van der Waals surface area contributed by atoms with Crippen LogP contribution in [-0.4, -0.2) is 30.7 Å². The molecule has 0 spiro atoms. The molecule has 198 valence electrons. The van der Waals surface area contributed by atoms with E-state index in [9.17, 15) is 18.0 Å². The minimum Gasteiger partial charge on any atom is -0.344 e. The molecule has 10 heteroatoms. The van der Waals surface area contributed by atoms with Crippen molar-refractivity contribution in [1.82, 2.24) is 30.1 Å². The lowest BCUT2D eigenvalue weighted by Crippen LogP contribution is -2.27. The van der Waals surface area contributed by atoms with Crippen molar-refractivity contribution in [3.05, 3.63) is 119 Å². The molecule has 7 nitrogen and oxygen atoms in total. The minimum absolute atomic E-state index is 0.333. The van der Waals surface area contributed by atoms with Gasteiger partial charge in [0.25, 0.3) is 5.91 Å². The molecule has 1 unspecified atom stereocenters. The summed E-state index contributed by atoms with van der Waals surface area (Å²) in [5.74, 6) is -3.41. The number of aryl methyl sites for hydroxylation is 1. The smallest absolute Gasteiger partial charge is 0.255 e. The van der Waals surface area contributed by atoms with E-state index >= 15 is 0 Å². The molecule has 2 aromatic heterocycles. The Kier molecular flexibility index (Phi) is 7.02. The number of carbonyl (C=O) groups is 1. The van der Waals surface area contributed by atoms with Gasteiger partial charge >= 0.3 is 0 Å². The van der Waals surface area contributed by atoms with E-state index in [1.807, 2.05) is 61.5 Å². The van der Waals surface area contributed by atoms with Crippen LogP contribution in [0.25, 0.3) is 16.9 Å². The predicted octanol–water partition coefficient (Wildman–Crippen LogP) is 5.96. The SMILES string of the molecule is Cc1ccccc1-c1nn(-c2ccccc2)cc1C(=O)NC(C)c1cn([C@H](C)c2c(F)cc(F)cc2F)nn1. The summed E-state index contributed by atoms with van der Waals surface area (Å²) in [5.41, 5.74) is 3.55. The quantitative estimate of drug-likeness (QED) is 0.282. The Hall–Kier alpha value is -4.73. The Morgan fingerprint density at radius 2 is 1.59 bits per heavy atom. The maximum Gasteiger partial charge on any atom is 0.255 e. The van der Waals surface area contributed by atoms with E-state index in [4.69, 9.17) is 5.10 Å². The van der Waals surface area contributed by atoms with E-state index in [0.717, 1.165) is 16.8 Å². The van der Waals surface area contributed by atoms with Crippen molar-refractivity contribution in [1.29, 1.82) is 0 Å². The van der Waals surface area contributed by atoms with Gasteiger partial charge in [-0.1, -0.05) is 47.7 Å². The van der Waals surface area contributed by atoms with Crippen LogP contribution in [0.5, 0.6) is 0 Å². The Bertz CT molecular complexity index is 1620. The van der Waals surface area contributed by atoms with Gasteiger partial charge in [-0.3, -0.25) is 4.79 Å². The molecular formula is C29H25F3N6O. The summed E-state index contributed by atoms with van der Waals surface area (Å²) in [7, 11) is 0. The standard InChI is InChI=1S/C29H25F3N6O/c1-17-9-7-8-12-22(17)28-23(15-38(35-28)21-10-5-4-6-11-21)29(39)33-18(2)26-16-37(36-34-26)19(3)27-24(31)13-20(30)14-25(27)32/h4-16,18-19H,1-3H3,(H,33,39)/t18?,19-/m1/s1. The van der Waals surface area contributed by atoms with Crippen molar-refractivity contribution < 1.29 is 18.0 Å². The zero-order valence-electron chi connectivity index (χ0n) is 21.4. The molecule has 2 heterocycles. The molecule has 3 aromatic carbocycles. The van der Waals surface area contributed by atoms with Crippen LogP contribution >= 0.6 is 0 Å². The number of nitrogens with one attached hydrogen (secondary N) is 1. The number of aromatic nitrogens is 5. The van der Waals surface area contributed by atoms with Crippen LogP contribution in [0.3, 0.4) is 0 Å². The lowest BCUT2D eigenvalue weighted by Gasteiger charge is -2.14. The number of hydrogen-bond acceptors (Lipinski definition) is 4. The van der Waals surface area contributed by atoms with Crippen molar-refractivity contribution in [2.45, 2.75) is 32.9 Å². The fraction of sp³-hybridized carbons (Fsp3) is 0.172. The summed E-state index contributed by atoms with van der Waals surface area (Å²) in [4.78, 5) is 13.5. The molecule has 0 aliphatic carbocycles. The third kappa shape index (κ3) is 5.18. The summed E-state index contributed by atoms with van der Waals surface area (Å²) < 4.78 is 44.9. The molecule has 39 heavy (non-hydrogen) atoms. The van der Waals surface area contributed by atoms with E-state index in [-0.39, 0.29) is 11.5 Å². The van der Waals surface area contributed by atoms with Crippen molar-refractivity contribution in [2.24, 2.45) is 0 Å². The fourth-order valence-electron chi connectivity index (χ4n) is 4.40. The molecule has 0 saturated heterocycles. The average molecular weight is 531 g/mol. The number of para-hydroxylation sites is 1. The summed E-state index contributed by atoms with van der Waals surface area (Å²) in [5, 5.41) is 15.7. The molecule has 0 saturated carbocycles. The molecule has 1 amide bonds. The van der Waals surface area contributed by atoms with Gasteiger partial charge in [-0.25, -0.2) is 22.5 Å². The van der Waals surface area contributed by atoms with Crippen molar-refractivity contribution in [2.75, 3.05) is 0 Å². The molecule has 1 N–H and O–H groups in total. The Morgan fingerprint density at radius 3 is 2.28 bits per heavy atom. The van der Waals surface area contributed by atoms with Gasteiger partial charge in [-0.2, -0.15) is 5.10 Å². The molecule has 0 aliphatic rings. The molecule has 0 radical (unpaired) electrons. The summed E-state index contributed by atoms with van der Waals surface area (Å²) in [6.07, 6.45) is 3.17. The third-order valence-corrected chi connectivity index (χ3v) is 6.56. The van der Waals surface area contributed by atoms with Crippen molar-refractivity contribution in [3.63, 3.8) is 0 Å². The lowest BCUT2D eigenvalue weighted by molar-refractivity contribution is 0.0939. The van der Waals surface area contributed by atoms with Crippen LogP contribution in [0, 0.1) is 24.4 Å². The van der Waals surface area contributed by atoms with Gasteiger partial charge in [0, 0.05) is 29.5 Å². The first-order chi connectivity index (χ1) is 18.7. The van der Waals surface area contributed by atoms with Crippen molar-refractivity contribution >= 4 is 5.91 Å². The number of nitrogens with zero attached hydrogens (tertiary/aromatic N) is 5. The Morgan fingerprint density at radius 1 is 0.923 bits per heavy atom. The second-order valence-electron chi connectivity index (χ2n) is 9.26. The zero-order chi connectivity index (χ0) is 27.7. The van der Waals surface area contributed by atoms with Gasteiger partial charge in [-0.15, -0.1) is 5.10 Å². The van der Waals surface area contributed by atoms with Crippen LogP contribution < -0.4 is 5.32 Å². The maximum atomic E-state index is 14.3. The number of rotatable bonds is 7. The normalized spacial score (nSPS) is 12.8. The van der Waals surface area contributed by atoms with Gasteiger partial charge in [0.1, 0.15) is 28.8 Å². The predicted molar refractivity (Wildman–Crippen MR) is 140 cm³/mol. The van der Waals surface area contributed by atoms with E-state index in [2.05, 4.69) is 15.6 Å². The lowest BCUT2D eigenvalue weighted by atomic mass is 10.0. The van der Waals surface area contributed by atoms with E-state index in [0.29, 0.717) is 29.1 Å². The average Bonchev–Trinajstić information content (AvgIpc) is 3.57. The molecule has 0 aliphatic heterocycles. The van der Waals surface area contributed by atoms with E-state index < -0.39 is 29.5 Å². The molecule has 2 atom stereocenters. The number of halogens is 3. The van der Waals surface area contributed by atoms with Crippen LogP contribution in [-0.2, 0) is 0 Å². The Labute approximate surface area is 222 Å². The first-order valence-corrected chi connectivity index (χ1v) is 12.3. The van der Waals surface area contributed by atoms with E-state index in [1.165, 1.54) is 17.8 Å². The van der Waals surface area contributed by atoms with Gasteiger partial charge < -0.3 is 5.32 Å². The highest BCUT2D eigenvalue weighted by molar-refractivity contribution is 6.00. The van der Waals surface area contributed by atoms with Crippen LogP contribution in [0.1, 0.15) is 53.1 Å². The Balaban J connectivity index is 1.42. The largest absolute Gasteiger partial charge is 0.344 e. The highest BCUT2D eigenvalue weighted by Crippen LogP contribution is 2.28. The second-order valence-corrected chi connectivity index (χ2v) is 9.26. The summed E-state index contributed by atoms with van der Waals surface area (Å²) >= 11 is 0. The van der Waals surface area contributed by atoms with Crippen LogP contribution in [0.2, 0.25) is 0 Å². The molecule has 5 rings (SSSR count). The van der Waals surface area contributed by atoms with Gasteiger partial charge in [0.2, 0.25) is 0 Å². The highest BCUT2D eigenvalue weighted by atomic mass is 19.1. The molecule has 5 aromatic rings. The van der Waals surface area contributed by atoms with Gasteiger partial charge in [0.05, 0.1) is 29.5 Å². The second kappa shape index (κ2) is 10.6. The topological polar surface area (TPSA) is 77.6 Å². The van der Waals surface area contributed by atoms with Gasteiger partial charge in [-0.05, 0) is 38.5 Å². The third-order valence-electron chi connectivity index (χ3n) is 6.56. The summed E-state index contributed by atoms with van der Waals surface area (Å²) in [6.45, 7) is 5.20. The van der Waals surface area contributed by atoms with Gasteiger partial charge in [0.15, 0.2) is 0 Å². The zero-order valence-corrected chi connectivity index (χ0v) is 21.4. The fourth-order valence-corrected chi connectivity index (χ4v) is 4.40. The molecular weight excluding hydrogens is 505 g/mol. The minimum atomic E-state index is -1.02. The highest BCUT2D eigenvalue weighted by Gasteiger charge is 2.24. The van der Waals surface area contributed by atoms with Crippen LogP contribution in [0.15, 0.2) is 79.1 Å². The molecule has 0 fully saturated rings. The van der Waals surface area contributed by atoms with E-state index in [1.54, 1.807) is 17.8 Å². The number of benzene rings is 3. The van der Waals surface area contributed by atoms with Crippen LogP contribution in [0.4, 0.5) is 13.2 Å². The first-order valence-electron chi connectivity index (χ1n) is 12.3. The molecule has 0 bridgehead atoms. The van der Waals surface area contributed by atoms with Crippen molar-refractivity contribution in [3.8, 4) is 16.9 Å². The summed E-state index contributed by atoms with van der Waals surface area (Å²) in [6, 6.07) is 16.9. The number of carbonyl (C=O) groups excluding carboxylic acids is 1.